The molecule has 0 aromatic rings. The van der Waals surface area contributed by atoms with E-state index in [0.29, 0.717) is 6.16 Å². The van der Waals surface area contributed by atoms with E-state index in [-0.39, 0.29) is 0 Å². The maximum atomic E-state index is 10.9. The minimum atomic E-state index is -2.72. The van der Waals surface area contributed by atoms with Gasteiger partial charge >= 0.3 is 0 Å². The van der Waals surface area contributed by atoms with Gasteiger partial charge in [-0.1, -0.05) is 39.0 Å². The number of hydrogen-bond acceptors (Lipinski definition) is 1. The first-order valence-electron chi connectivity index (χ1n) is 4.85. The van der Waals surface area contributed by atoms with Crippen LogP contribution in [0.2, 0.25) is 0 Å². The smallest absolute Gasteiger partial charge is 0.197 e. The predicted octanol–water partition coefficient (Wildman–Crippen LogP) is 3.25. The summed E-state index contributed by atoms with van der Waals surface area (Å²) in [7, 11) is -2.72. The van der Waals surface area contributed by atoms with Gasteiger partial charge in [0.05, 0.1) is 0 Å². The van der Waals surface area contributed by atoms with Crippen molar-refractivity contribution in [1.82, 2.24) is 0 Å². The van der Waals surface area contributed by atoms with Gasteiger partial charge in [0.25, 0.3) is 0 Å². The van der Waals surface area contributed by atoms with Crippen LogP contribution in [0.4, 0.5) is 0 Å². The van der Waals surface area contributed by atoms with Crippen molar-refractivity contribution in [2.75, 3.05) is 12.8 Å². The average Bonchev–Trinajstić information content (AvgIpc) is 1.94. The molecule has 74 valence electrons. The standard InChI is InChI=1S/C9H21O2P/c1-3-4-5-6-7-8-9-12(2,10)11/h3-9H2,1-2H3,(H,10,11). The molecule has 1 atom stereocenters. The van der Waals surface area contributed by atoms with Gasteiger partial charge in [-0.15, -0.1) is 0 Å². The highest BCUT2D eigenvalue weighted by atomic mass is 31.2. The Morgan fingerprint density at radius 3 is 2.08 bits per heavy atom. The summed E-state index contributed by atoms with van der Waals surface area (Å²) >= 11 is 0. The molecular weight excluding hydrogens is 171 g/mol. The molecular formula is C9H21O2P. The van der Waals surface area contributed by atoms with Crippen molar-refractivity contribution in [2.45, 2.75) is 45.4 Å². The number of rotatable bonds is 7. The first-order chi connectivity index (χ1) is 5.56. The molecule has 0 amide bonds. The SMILES string of the molecule is CCCCCCCCP(C)(=O)O. The van der Waals surface area contributed by atoms with Gasteiger partial charge in [0.2, 0.25) is 0 Å². The molecule has 0 saturated heterocycles. The highest BCUT2D eigenvalue weighted by Gasteiger charge is 2.07. The molecule has 0 aromatic carbocycles. The van der Waals surface area contributed by atoms with Crippen LogP contribution in [0.25, 0.3) is 0 Å². The number of hydrogen-bond donors (Lipinski definition) is 1. The maximum Gasteiger partial charge on any atom is 0.197 e. The number of unbranched alkanes of at least 4 members (excludes halogenated alkanes) is 5. The Balaban J connectivity index is 3.06. The third kappa shape index (κ3) is 10.2. The van der Waals surface area contributed by atoms with Crippen molar-refractivity contribution in [1.29, 1.82) is 0 Å². The Bertz CT molecular complexity index is 139. The minimum Gasteiger partial charge on any atom is -0.344 e. The molecule has 12 heavy (non-hydrogen) atoms. The third-order valence-electron chi connectivity index (χ3n) is 1.93. The van der Waals surface area contributed by atoms with Crippen LogP contribution in [0.3, 0.4) is 0 Å². The lowest BCUT2D eigenvalue weighted by Gasteiger charge is -2.04. The Hall–Kier alpha value is 0.190. The van der Waals surface area contributed by atoms with E-state index in [2.05, 4.69) is 6.92 Å². The molecule has 0 aliphatic rings. The maximum absolute atomic E-state index is 10.9. The van der Waals surface area contributed by atoms with Gasteiger partial charge in [0.1, 0.15) is 0 Å². The van der Waals surface area contributed by atoms with Crippen molar-refractivity contribution in [3.63, 3.8) is 0 Å². The summed E-state index contributed by atoms with van der Waals surface area (Å²) in [6.45, 7) is 3.63. The zero-order chi connectivity index (χ0) is 9.45. The van der Waals surface area contributed by atoms with Crippen LogP contribution in [0.15, 0.2) is 0 Å². The van der Waals surface area contributed by atoms with Gasteiger partial charge in [0, 0.05) is 12.8 Å². The van der Waals surface area contributed by atoms with E-state index in [0.717, 1.165) is 12.8 Å². The molecule has 0 bridgehead atoms. The predicted molar refractivity (Wildman–Crippen MR) is 54.0 cm³/mol. The quantitative estimate of drug-likeness (QED) is 0.496. The fraction of sp³-hybridized carbons (Fsp3) is 1.00. The van der Waals surface area contributed by atoms with E-state index >= 15 is 0 Å². The Morgan fingerprint density at radius 1 is 1.08 bits per heavy atom. The molecule has 0 spiro atoms. The molecule has 0 aliphatic carbocycles. The fourth-order valence-corrected chi connectivity index (χ4v) is 2.00. The second-order valence-electron chi connectivity index (χ2n) is 3.54. The Labute approximate surface area is 75.8 Å². The summed E-state index contributed by atoms with van der Waals surface area (Å²) in [6, 6.07) is 0. The lowest BCUT2D eigenvalue weighted by molar-refractivity contribution is 0.480. The third-order valence-corrected chi connectivity index (χ3v) is 3.07. The molecule has 2 nitrogen and oxygen atoms in total. The topological polar surface area (TPSA) is 37.3 Å². The van der Waals surface area contributed by atoms with Gasteiger partial charge in [0.15, 0.2) is 7.37 Å². The van der Waals surface area contributed by atoms with Gasteiger partial charge in [-0.25, -0.2) is 0 Å². The molecule has 1 N–H and O–H groups in total. The second kappa shape index (κ2) is 6.68. The van der Waals surface area contributed by atoms with E-state index in [1.165, 1.54) is 32.3 Å². The van der Waals surface area contributed by atoms with Gasteiger partial charge in [-0.3, -0.25) is 4.57 Å². The molecule has 3 heteroatoms. The van der Waals surface area contributed by atoms with Crippen LogP contribution in [0.1, 0.15) is 45.4 Å². The van der Waals surface area contributed by atoms with Gasteiger partial charge in [-0.2, -0.15) is 0 Å². The first-order valence-corrected chi connectivity index (χ1v) is 7.15. The van der Waals surface area contributed by atoms with Crippen molar-refractivity contribution in [2.24, 2.45) is 0 Å². The fourth-order valence-electron chi connectivity index (χ4n) is 1.19. The van der Waals surface area contributed by atoms with Crippen molar-refractivity contribution in [3.8, 4) is 0 Å². The monoisotopic (exact) mass is 192 g/mol. The first kappa shape index (κ1) is 12.2. The Kier molecular flexibility index (Phi) is 6.78. The highest BCUT2D eigenvalue weighted by Crippen LogP contribution is 2.36. The summed E-state index contributed by atoms with van der Waals surface area (Å²) in [6.07, 6.45) is 7.56. The lowest BCUT2D eigenvalue weighted by Crippen LogP contribution is -1.87. The highest BCUT2D eigenvalue weighted by molar-refractivity contribution is 7.57. The van der Waals surface area contributed by atoms with Crippen molar-refractivity contribution >= 4 is 7.37 Å². The van der Waals surface area contributed by atoms with Crippen molar-refractivity contribution < 1.29 is 9.46 Å². The summed E-state index contributed by atoms with van der Waals surface area (Å²) in [5, 5.41) is 0. The van der Waals surface area contributed by atoms with E-state index in [4.69, 9.17) is 4.89 Å². The van der Waals surface area contributed by atoms with Crippen LogP contribution < -0.4 is 0 Å². The van der Waals surface area contributed by atoms with Crippen LogP contribution in [0, 0.1) is 0 Å². The van der Waals surface area contributed by atoms with E-state index < -0.39 is 7.37 Å². The average molecular weight is 192 g/mol. The van der Waals surface area contributed by atoms with E-state index in [1.54, 1.807) is 0 Å². The largest absolute Gasteiger partial charge is 0.344 e. The molecule has 1 unspecified atom stereocenters. The minimum absolute atomic E-state index is 0.499. The molecule has 0 radical (unpaired) electrons. The Morgan fingerprint density at radius 2 is 1.58 bits per heavy atom. The zero-order valence-corrected chi connectivity index (χ0v) is 9.15. The normalized spacial score (nSPS) is 15.9. The summed E-state index contributed by atoms with van der Waals surface area (Å²) in [5.74, 6) is 0. The molecule has 0 aliphatic heterocycles. The van der Waals surface area contributed by atoms with Crippen LogP contribution in [-0.2, 0) is 4.57 Å². The summed E-state index contributed by atoms with van der Waals surface area (Å²) < 4.78 is 10.9. The summed E-state index contributed by atoms with van der Waals surface area (Å²) in [4.78, 5) is 8.98. The summed E-state index contributed by atoms with van der Waals surface area (Å²) in [5.41, 5.74) is 0. The van der Waals surface area contributed by atoms with Gasteiger partial charge in [-0.05, 0) is 6.42 Å². The van der Waals surface area contributed by atoms with Crippen LogP contribution in [0.5, 0.6) is 0 Å². The van der Waals surface area contributed by atoms with Crippen LogP contribution in [-0.4, -0.2) is 17.7 Å². The zero-order valence-electron chi connectivity index (χ0n) is 8.25. The van der Waals surface area contributed by atoms with Gasteiger partial charge < -0.3 is 4.89 Å². The van der Waals surface area contributed by atoms with E-state index in [9.17, 15) is 4.57 Å². The lowest BCUT2D eigenvalue weighted by atomic mass is 10.1. The molecule has 0 aromatic heterocycles. The second-order valence-corrected chi connectivity index (χ2v) is 6.09. The molecule has 0 fully saturated rings. The molecule has 0 heterocycles. The van der Waals surface area contributed by atoms with E-state index in [1.807, 2.05) is 0 Å². The van der Waals surface area contributed by atoms with Crippen LogP contribution >= 0.6 is 7.37 Å². The molecule has 0 saturated carbocycles. The van der Waals surface area contributed by atoms with Crippen molar-refractivity contribution in [3.05, 3.63) is 0 Å². The molecule has 0 rings (SSSR count).